The molecule has 2 aromatic rings. The maximum absolute atomic E-state index is 13.8. The molecule has 5 rings (SSSR count). The molecule has 1 heterocycles. The lowest BCUT2D eigenvalue weighted by Gasteiger charge is -2.44. The summed E-state index contributed by atoms with van der Waals surface area (Å²) in [5.41, 5.74) is 8.16. The maximum atomic E-state index is 13.8. The second-order valence-electron chi connectivity index (χ2n) is 12.7. The fourth-order valence-corrected chi connectivity index (χ4v) is 7.37. The van der Waals surface area contributed by atoms with E-state index in [9.17, 15) is 4.79 Å². The molecule has 4 nitrogen and oxygen atoms in total. The van der Waals surface area contributed by atoms with Crippen LogP contribution in [0.1, 0.15) is 94.5 Å². The average Bonchev–Trinajstić information content (AvgIpc) is 2.97. The number of likely N-dealkylation sites (N-methyl/N-ethyl adjacent to an activating group) is 1. The Kier molecular flexibility index (Phi) is 9.05. The summed E-state index contributed by atoms with van der Waals surface area (Å²) in [6, 6.07) is 14.8. The van der Waals surface area contributed by atoms with Crippen LogP contribution in [-0.4, -0.2) is 24.0 Å². The molecule has 3 aliphatic carbocycles. The summed E-state index contributed by atoms with van der Waals surface area (Å²) in [6.45, 7) is 8.83. The van der Waals surface area contributed by atoms with Gasteiger partial charge in [-0.05, 0) is 98.2 Å². The molecule has 0 radical (unpaired) electrons. The Balaban J connectivity index is 1.56. The number of benzene rings is 1. The molecular formula is C36H47N3O. The monoisotopic (exact) mass is 537 g/mol. The van der Waals surface area contributed by atoms with E-state index >= 15 is 0 Å². The smallest absolute Gasteiger partial charge is 0.166 e. The van der Waals surface area contributed by atoms with Gasteiger partial charge in [0.1, 0.15) is 12.0 Å². The quantitative estimate of drug-likeness (QED) is 0.236. The van der Waals surface area contributed by atoms with Gasteiger partial charge in [-0.25, -0.2) is 4.98 Å². The Morgan fingerprint density at radius 2 is 1.88 bits per heavy atom. The fourth-order valence-electron chi connectivity index (χ4n) is 7.37. The molecule has 4 atom stereocenters. The van der Waals surface area contributed by atoms with Crippen LogP contribution in [0.3, 0.4) is 0 Å². The number of Topliss-reactive ketones (excluding diaryl/α,β-unsaturated/α-hetero) is 1. The molecule has 3 aliphatic rings. The minimum Gasteiger partial charge on any atom is -0.351 e. The van der Waals surface area contributed by atoms with Crippen molar-refractivity contribution in [2.75, 3.05) is 12.4 Å². The number of carbonyl (C=O) groups excluding carboxylic acids is 1. The molecule has 0 amide bonds. The number of nitrogens with one attached hydrogen (secondary N) is 2. The number of pyridine rings is 1. The highest BCUT2D eigenvalue weighted by Crippen LogP contribution is 2.53. The van der Waals surface area contributed by atoms with Gasteiger partial charge in [-0.1, -0.05) is 81.7 Å². The third-order valence-corrected chi connectivity index (χ3v) is 9.22. The van der Waals surface area contributed by atoms with Crippen LogP contribution < -0.4 is 10.6 Å². The number of hydrogen-bond acceptors (Lipinski definition) is 4. The summed E-state index contributed by atoms with van der Waals surface area (Å²) in [6.07, 6.45) is 14.5. The van der Waals surface area contributed by atoms with Crippen LogP contribution in [0.4, 0.5) is 5.82 Å². The zero-order valence-electron chi connectivity index (χ0n) is 25.0. The number of aromatic nitrogens is 1. The van der Waals surface area contributed by atoms with Gasteiger partial charge in [-0.2, -0.15) is 0 Å². The predicted molar refractivity (Wildman–Crippen MR) is 166 cm³/mol. The van der Waals surface area contributed by atoms with E-state index in [0.29, 0.717) is 29.5 Å². The summed E-state index contributed by atoms with van der Waals surface area (Å²) in [5.74, 6) is 2.92. The van der Waals surface area contributed by atoms with Crippen molar-refractivity contribution in [1.29, 1.82) is 0 Å². The number of anilines is 1. The number of carbonyl (C=O) groups is 1. The van der Waals surface area contributed by atoms with E-state index in [0.717, 1.165) is 37.1 Å². The SMILES string of the molecule is CNC(Nc1ccccn1)C1=C2CCCCC2C(c2cccc(C(=O)C(CC(C)C)C(C)C)c2)C2=C1C=CCC2. The first-order valence-corrected chi connectivity index (χ1v) is 15.5. The number of rotatable bonds is 10. The largest absolute Gasteiger partial charge is 0.351 e. The van der Waals surface area contributed by atoms with Gasteiger partial charge in [0.15, 0.2) is 5.78 Å². The van der Waals surface area contributed by atoms with Crippen molar-refractivity contribution < 1.29 is 4.79 Å². The third kappa shape index (κ3) is 5.88. The molecule has 212 valence electrons. The summed E-state index contributed by atoms with van der Waals surface area (Å²) < 4.78 is 0. The van der Waals surface area contributed by atoms with Crippen LogP contribution in [0.5, 0.6) is 0 Å². The zero-order valence-corrected chi connectivity index (χ0v) is 25.0. The van der Waals surface area contributed by atoms with Crippen molar-refractivity contribution in [3.63, 3.8) is 0 Å². The van der Waals surface area contributed by atoms with Gasteiger partial charge in [0, 0.05) is 23.6 Å². The molecule has 1 aromatic carbocycles. The van der Waals surface area contributed by atoms with E-state index in [1.54, 1.807) is 11.1 Å². The van der Waals surface area contributed by atoms with Crippen molar-refractivity contribution in [2.24, 2.45) is 23.7 Å². The minimum atomic E-state index is -0.00468. The van der Waals surface area contributed by atoms with E-state index < -0.39 is 0 Å². The lowest BCUT2D eigenvalue weighted by atomic mass is 9.62. The van der Waals surface area contributed by atoms with Gasteiger partial charge in [0.05, 0.1) is 0 Å². The van der Waals surface area contributed by atoms with Crippen LogP contribution in [-0.2, 0) is 0 Å². The van der Waals surface area contributed by atoms with E-state index in [1.807, 2.05) is 31.4 Å². The molecule has 4 unspecified atom stereocenters. The second-order valence-corrected chi connectivity index (χ2v) is 12.7. The topological polar surface area (TPSA) is 54.0 Å². The maximum Gasteiger partial charge on any atom is 0.166 e. The van der Waals surface area contributed by atoms with Crippen LogP contribution in [0, 0.1) is 23.7 Å². The summed E-state index contributed by atoms with van der Waals surface area (Å²) in [4.78, 5) is 18.4. The third-order valence-electron chi connectivity index (χ3n) is 9.22. The standard InChI is InChI=1S/C36H47N3O/c1-23(2)21-31(24(3)4)35(40)26-14-12-13-25(22-26)33-27-15-6-8-17-29(27)34(30-18-9-7-16-28(30)33)36(37-5)39-32-19-10-11-20-38-32/h8,10-14,17,19-20,22-24,28,31,33,36-37H,6-7,9,15-16,18,21H2,1-5H3,(H,38,39). The molecule has 0 spiro atoms. The highest BCUT2D eigenvalue weighted by molar-refractivity contribution is 5.98. The van der Waals surface area contributed by atoms with Crippen LogP contribution in [0.25, 0.3) is 0 Å². The van der Waals surface area contributed by atoms with Crippen molar-refractivity contribution in [1.82, 2.24) is 10.3 Å². The molecule has 2 N–H and O–H groups in total. The summed E-state index contributed by atoms with van der Waals surface area (Å²) in [5, 5.41) is 7.27. The molecule has 1 aromatic heterocycles. The molecule has 1 fully saturated rings. The van der Waals surface area contributed by atoms with Gasteiger partial charge in [-0.3, -0.25) is 10.1 Å². The van der Waals surface area contributed by atoms with Gasteiger partial charge in [-0.15, -0.1) is 0 Å². The number of ketones is 1. The molecule has 4 heteroatoms. The molecule has 0 aliphatic heterocycles. The zero-order chi connectivity index (χ0) is 28.2. The average molecular weight is 538 g/mol. The van der Waals surface area contributed by atoms with E-state index in [4.69, 9.17) is 0 Å². The van der Waals surface area contributed by atoms with Gasteiger partial charge >= 0.3 is 0 Å². The van der Waals surface area contributed by atoms with E-state index in [2.05, 4.69) is 79.7 Å². The Labute approximate surface area is 241 Å². The molecule has 0 bridgehead atoms. The number of allylic oxidation sites excluding steroid dienone is 4. The summed E-state index contributed by atoms with van der Waals surface area (Å²) in [7, 11) is 2.04. The Hall–Kier alpha value is -2.98. The van der Waals surface area contributed by atoms with E-state index in [-0.39, 0.29) is 12.1 Å². The lowest BCUT2D eigenvalue weighted by Crippen LogP contribution is -2.40. The van der Waals surface area contributed by atoms with Crippen molar-refractivity contribution in [2.45, 2.75) is 84.7 Å². The van der Waals surface area contributed by atoms with Gasteiger partial charge in [0.2, 0.25) is 0 Å². The van der Waals surface area contributed by atoms with Crippen molar-refractivity contribution in [3.8, 4) is 0 Å². The Morgan fingerprint density at radius 1 is 1.02 bits per heavy atom. The number of nitrogens with zero attached hydrogens (tertiary/aromatic N) is 1. The molecule has 1 saturated carbocycles. The molecule has 0 saturated heterocycles. The minimum absolute atomic E-state index is 0.00468. The second kappa shape index (κ2) is 12.7. The van der Waals surface area contributed by atoms with Gasteiger partial charge < -0.3 is 5.32 Å². The van der Waals surface area contributed by atoms with Crippen LogP contribution in [0.15, 0.2) is 83.1 Å². The fraction of sp³-hybridized carbons (Fsp3) is 0.500. The summed E-state index contributed by atoms with van der Waals surface area (Å²) >= 11 is 0. The predicted octanol–water partition coefficient (Wildman–Crippen LogP) is 8.47. The Bertz CT molecular complexity index is 1290. The first kappa shape index (κ1) is 28.5. The Morgan fingerprint density at radius 3 is 2.60 bits per heavy atom. The van der Waals surface area contributed by atoms with Crippen LogP contribution in [0.2, 0.25) is 0 Å². The van der Waals surface area contributed by atoms with Crippen molar-refractivity contribution in [3.05, 3.63) is 94.2 Å². The van der Waals surface area contributed by atoms with Gasteiger partial charge in [0.25, 0.3) is 0 Å². The normalized spacial score (nSPS) is 22.3. The highest BCUT2D eigenvalue weighted by Gasteiger charge is 2.40. The first-order chi connectivity index (χ1) is 19.4. The molecular weight excluding hydrogens is 490 g/mol. The van der Waals surface area contributed by atoms with Crippen molar-refractivity contribution >= 4 is 11.6 Å². The first-order valence-electron chi connectivity index (χ1n) is 15.5. The molecule has 40 heavy (non-hydrogen) atoms. The lowest BCUT2D eigenvalue weighted by molar-refractivity contribution is 0.0864. The number of hydrogen-bond donors (Lipinski definition) is 2. The number of fused-ring (bicyclic) bond motifs is 1. The van der Waals surface area contributed by atoms with Crippen LogP contribution >= 0.6 is 0 Å². The highest BCUT2D eigenvalue weighted by atomic mass is 16.1. The van der Waals surface area contributed by atoms with E-state index in [1.165, 1.54) is 36.0 Å².